The molecule has 2 aromatic carbocycles. The summed E-state index contributed by atoms with van der Waals surface area (Å²) in [7, 11) is 0. The number of aromatic nitrogens is 2. The molecule has 0 radical (unpaired) electrons. The first-order valence-electron chi connectivity index (χ1n) is 11.1. The number of aryl methyl sites for hydroxylation is 2. The molecule has 158 valence electrons. The smallest absolute Gasteiger partial charge is 0.173 e. The van der Waals surface area contributed by atoms with Crippen molar-refractivity contribution in [2.75, 3.05) is 0 Å². The zero-order valence-electron chi connectivity index (χ0n) is 18.5. The van der Waals surface area contributed by atoms with E-state index >= 15 is 0 Å². The summed E-state index contributed by atoms with van der Waals surface area (Å²) in [5, 5.41) is 0. The third-order valence-corrected chi connectivity index (χ3v) is 5.78. The van der Waals surface area contributed by atoms with Crippen molar-refractivity contribution >= 4 is 12.2 Å². The zero-order chi connectivity index (χ0) is 22.2. The summed E-state index contributed by atoms with van der Waals surface area (Å²) < 4.78 is 4.44. The molecule has 0 saturated carbocycles. The van der Waals surface area contributed by atoms with E-state index in [0.717, 1.165) is 37.1 Å². The summed E-state index contributed by atoms with van der Waals surface area (Å²) in [5.41, 5.74) is 7.63. The van der Waals surface area contributed by atoms with Crippen LogP contribution in [0.25, 0.3) is 12.2 Å². The van der Waals surface area contributed by atoms with E-state index in [-0.39, 0.29) is 0 Å². The van der Waals surface area contributed by atoms with Gasteiger partial charge in [-0.1, -0.05) is 73.8 Å². The fourth-order valence-electron chi connectivity index (χ4n) is 3.75. The lowest BCUT2D eigenvalue weighted by Gasteiger charge is -2.03. The molecule has 32 heavy (non-hydrogen) atoms. The third kappa shape index (κ3) is 5.89. The van der Waals surface area contributed by atoms with E-state index in [4.69, 9.17) is 0 Å². The molecule has 0 bridgehead atoms. The highest BCUT2D eigenvalue weighted by Crippen LogP contribution is 2.08. The molecule has 0 atom stereocenters. The van der Waals surface area contributed by atoms with Gasteiger partial charge in [0.1, 0.15) is 0 Å². The summed E-state index contributed by atoms with van der Waals surface area (Å²) in [6, 6.07) is 26.0. The lowest BCUT2D eigenvalue weighted by molar-refractivity contribution is -0.688. The molecule has 0 aliphatic rings. The molecule has 0 unspecified atom stereocenters. The van der Waals surface area contributed by atoms with E-state index in [1.165, 1.54) is 22.3 Å². The van der Waals surface area contributed by atoms with E-state index in [1.807, 2.05) is 12.2 Å². The van der Waals surface area contributed by atoms with Gasteiger partial charge in [0.2, 0.25) is 0 Å². The van der Waals surface area contributed by atoms with Crippen molar-refractivity contribution in [2.24, 2.45) is 0 Å². The van der Waals surface area contributed by atoms with Gasteiger partial charge in [-0.05, 0) is 35.1 Å². The zero-order valence-corrected chi connectivity index (χ0v) is 18.5. The maximum Gasteiger partial charge on any atom is 0.173 e. The van der Waals surface area contributed by atoms with Crippen molar-refractivity contribution in [3.63, 3.8) is 0 Å². The number of hydrogen-bond acceptors (Lipinski definition) is 0. The lowest BCUT2D eigenvalue weighted by atomic mass is 10.1. The fraction of sp³-hybridized carbons (Fsp3) is 0.133. The van der Waals surface area contributed by atoms with E-state index < -0.39 is 0 Å². The van der Waals surface area contributed by atoms with Crippen LogP contribution >= 0.6 is 0 Å². The third-order valence-electron chi connectivity index (χ3n) is 5.78. The van der Waals surface area contributed by atoms with Crippen molar-refractivity contribution in [1.29, 1.82) is 0 Å². The first kappa shape index (κ1) is 21.5. The summed E-state index contributed by atoms with van der Waals surface area (Å²) in [6.45, 7) is 9.39. The Hall–Kier alpha value is -3.78. The molecule has 0 spiro atoms. The molecular weight excluding hydrogens is 388 g/mol. The number of benzene rings is 2. The van der Waals surface area contributed by atoms with Gasteiger partial charge in [0.25, 0.3) is 0 Å². The molecule has 0 saturated heterocycles. The van der Waals surface area contributed by atoms with Crippen molar-refractivity contribution in [1.82, 2.24) is 0 Å². The molecule has 0 N–H and O–H groups in total. The highest BCUT2D eigenvalue weighted by Gasteiger charge is 2.06. The highest BCUT2D eigenvalue weighted by atomic mass is 14.9. The quantitative estimate of drug-likeness (QED) is 0.320. The SMILES string of the molecule is C=Cc1ccc(C[n+]2ccc(CCc3cc[n+](Cc4ccc(C=C)cc4)cc3)cc2)cc1. The molecule has 0 amide bonds. The van der Waals surface area contributed by atoms with E-state index in [2.05, 4.69) is 120 Å². The molecule has 0 aliphatic carbocycles. The number of nitrogens with zero attached hydrogens (tertiary/aromatic N) is 2. The molecule has 2 heteroatoms. The van der Waals surface area contributed by atoms with Gasteiger partial charge in [-0.25, -0.2) is 9.13 Å². The molecule has 4 rings (SSSR count). The minimum Gasteiger partial charge on any atom is -0.201 e. The Balaban J connectivity index is 1.29. The van der Waals surface area contributed by atoms with Crippen LogP contribution in [0.1, 0.15) is 33.4 Å². The van der Waals surface area contributed by atoms with E-state index in [0.29, 0.717) is 0 Å². The molecular formula is C30H30N2+2. The van der Waals surface area contributed by atoms with Gasteiger partial charge in [-0.3, -0.25) is 0 Å². The minimum atomic E-state index is 0.882. The Labute approximate surface area is 191 Å². The topological polar surface area (TPSA) is 7.76 Å². The van der Waals surface area contributed by atoms with Crippen LogP contribution in [0.2, 0.25) is 0 Å². The first-order valence-corrected chi connectivity index (χ1v) is 11.1. The number of pyridine rings is 2. The van der Waals surface area contributed by atoms with Crippen LogP contribution in [-0.4, -0.2) is 0 Å². The summed E-state index contributed by atoms with van der Waals surface area (Å²) >= 11 is 0. The van der Waals surface area contributed by atoms with Crippen LogP contribution in [0, 0.1) is 0 Å². The predicted molar refractivity (Wildman–Crippen MR) is 132 cm³/mol. The van der Waals surface area contributed by atoms with Crippen LogP contribution < -0.4 is 9.13 Å². The van der Waals surface area contributed by atoms with Crippen molar-refractivity contribution in [3.8, 4) is 0 Å². The van der Waals surface area contributed by atoms with Crippen molar-refractivity contribution < 1.29 is 9.13 Å². The average Bonchev–Trinajstić information content (AvgIpc) is 2.85. The van der Waals surface area contributed by atoms with Crippen molar-refractivity contribution in [2.45, 2.75) is 25.9 Å². The normalized spacial score (nSPS) is 10.6. The Morgan fingerprint density at radius 3 is 1.12 bits per heavy atom. The summed E-state index contributed by atoms with van der Waals surface area (Å²) in [6.07, 6.45) is 14.5. The Morgan fingerprint density at radius 1 is 0.469 bits per heavy atom. The Morgan fingerprint density at radius 2 is 0.812 bits per heavy atom. The predicted octanol–water partition coefficient (Wildman–Crippen LogP) is 5.43. The maximum absolute atomic E-state index is 3.81. The van der Waals surface area contributed by atoms with Gasteiger partial charge in [-0.2, -0.15) is 0 Å². The lowest BCUT2D eigenvalue weighted by Crippen LogP contribution is -2.33. The van der Waals surface area contributed by atoms with E-state index in [1.54, 1.807) is 0 Å². The van der Waals surface area contributed by atoms with Gasteiger partial charge < -0.3 is 0 Å². The second-order valence-electron chi connectivity index (χ2n) is 8.15. The van der Waals surface area contributed by atoms with E-state index in [9.17, 15) is 0 Å². The van der Waals surface area contributed by atoms with Gasteiger partial charge in [0, 0.05) is 35.4 Å². The van der Waals surface area contributed by atoms with Crippen LogP contribution in [0.3, 0.4) is 0 Å². The largest absolute Gasteiger partial charge is 0.201 e. The molecule has 0 fully saturated rings. The Kier molecular flexibility index (Phi) is 7.04. The fourth-order valence-corrected chi connectivity index (χ4v) is 3.75. The van der Waals surface area contributed by atoms with Crippen LogP contribution in [0.5, 0.6) is 0 Å². The molecule has 2 nitrogen and oxygen atoms in total. The average molecular weight is 419 g/mol. The number of hydrogen-bond donors (Lipinski definition) is 0. The van der Waals surface area contributed by atoms with Gasteiger partial charge >= 0.3 is 0 Å². The monoisotopic (exact) mass is 418 g/mol. The summed E-state index contributed by atoms with van der Waals surface area (Å²) in [4.78, 5) is 0. The Bertz CT molecular complexity index is 1060. The molecule has 2 aromatic heterocycles. The number of rotatable bonds is 9. The van der Waals surface area contributed by atoms with Gasteiger partial charge in [0.15, 0.2) is 37.9 Å². The van der Waals surface area contributed by atoms with Gasteiger partial charge in [-0.15, -0.1) is 0 Å². The molecule has 4 aromatic rings. The molecule has 2 heterocycles. The first-order chi connectivity index (χ1) is 15.7. The molecule has 0 aliphatic heterocycles. The van der Waals surface area contributed by atoms with Crippen LogP contribution in [0.4, 0.5) is 0 Å². The highest BCUT2D eigenvalue weighted by molar-refractivity contribution is 5.47. The maximum atomic E-state index is 3.81. The minimum absolute atomic E-state index is 0.882. The van der Waals surface area contributed by atoms with Crippen LogP contribution in [0.15, 0.2) is 111 Å². The van der Waals surface area contributed by atoms with Crippen LogP contribution in [-0.2, 0) is 25.9 Å². The summed E-state index contributed by atoms with van der Waals surface area (Å²) in [5.74, 6) is 0. The van der Waals surface area contributed by atoms with Crippen molar-refractivity contribution in [3.05, 3.63) is 144 Å². The second kappa shape index (κ2) is 10.5. The van der Waals surface area contributed by atoms with Gasteiger partial charge in [0.05, 0.1) is 0 Å². The second-order valence-corrected chi connectivity index (χ2v) is 8.15. The standard InChI is InChI=1S/C30H30N2/c1-3-25-5-11-29(12-6-25)23-31-19-15-27(16-20-31)9-10-28-17-21-32(22-18-28)24-30-13-7-26(4-2)8-14-30/h3-8,11-22H,1-2,9-10,23-24H2/q+2.